The van der Waals surface area contributed by atoms with Crippen molar-refractivity contribution in [2.75, 3.05) is 47.4 Å². The lowest BCUT2D eigenvalue weighted by Gasteiger charge is -2.61. The van der Waals surface area contributed by atoms with Crippen molar-refractivity contribution in [2.24, 2.45) is 46.3 Å². The van der Waals surface area contributed by atoms with Gasteiger partial charge in [-0.25, -0.2) is 0 Å². The molecular weight excluding hydrogens is 616 g/mol. The number of nitrogens with one attached hydrogen (secondary N) is 1. The molecule has 0 aliphatic heterocycles. The van der Waals surface area contributed by atoms with Crippen molar-refractivity contribution in [3.63, 3.8) is 0 Å². The van der Waals surface area contributed by atoms with Gasteiger partial charge in [-0.05, 0) is 123 Å². The molecule has 5 rings (SSSR count). The Morgan fingerprint density at radius 2 is 1.67 bits per heavy atom. The van der Waals surface area contributed by atoms with Gasteiger partial charge < -0.3 is 29.2 Å². The first-order valence-corrected chi connectivity index (χ1v) is 19.3. The highest BCUT2D eigenvalue weighted by atomic mass is 16.5. The van der Waals surface area contributed by atoms with Crippen LogP contribution in [0.2, 0.25) is 0 Å². The minimum Gasteiger partial charge on any atom is -0.545 e. The van der Waals surface area contributed by atoms with E-state index in [2.05, 4.69) is 52.0 Å². The topological polar surface area (TPSA) is 105 Å². The summed E-state index contributed by atoms with van der Waals surface area (Å²) in [6, 6.07) is 5.81. The van der Waals surface area contributed by atoms with Crippen molar-refractivity contribution in [1.29, 1.82) is 0 Å². The van der Waals surface area contributed by atoms with Crippen molar-refractivity contribution >= 4 is 17.8 Å². The number of esters is 1. The van der Waals surface area contributed by atoms with Crippen LogP contribution in [0.25, 0.3) is 0 Å². The Hall–Kier alpha value is -2.45. The number of hydrogen-bond acceptors (Lipinski definition) is 6. The summed E-state index contributed by atoms with van der Waals surface area (Å²) < 4.78 is 11.3. The van der Waals surface area contributed by atoms with Crippen molar-refractivity contribution in [1.82, 2.24) is 5.32 Å². The Morgan fingerprint density at radius 3 is 2.39 bits per heavy atom. The normalized spacial score (nSPS) is 31.2. The van der Waals surface area contributed by atoms with Gasteiger partial charge in [0, 0.05) is 32.1 Å². The van der Waals surface area contributed by atoms with Gasteiger partial charge in [0.05, 0.1) is 33.7 Å². The molecule has 8 heteroatoms. The summed E-state index contributed by atoms with van der Waals surface area (Å²) in [6.45, 7) is 12.3. The average Bonchev–Trinajstić information content (AvgIpc) is 3.40. The lowest BCUT2D eigenvalue weighted by Crippen LogP contribution is -2.53. The highest BCUT2D eigenvalue weighted by molar-refractivity contribution is 5.90. The molecule has 4 fully saturated rings. The van der Waals surface area contributed by atoms with Crippen LogP contribution in [0, 0.1) is 46.3 Å². The van der Waals surface area contributed by atoms with E-state index in [0.717, 1.165) is 73.2 Å². The van der Waals surface area contributed by atoms with Crippen LogP contribution in [0.1, 0.15) is 122 Å². The Bertz CT molecular complexity index is 1260. The van der Waals surface area contributed by atoms with Crippen molar-refractivity contribution in [2.45, 2.75) is 111 Å². The summed E-state index contributed by atoms with van der Waals surface area (Å²) in [6.07, 6.45) is 17.4. The predicted molar refractivity (Wildman–Crippen MR) is 192 cm³/mol. The van der Waals surface area contributed by atoms with E-state index in [0.29, 0.717) is 23.2 Å². The molecule has 8 atom stereocenters. The molecule has 276 valence electrons. The van der Waals surface area contributed by atoms with Crippen LogP contribution in [0.5, 0.6) is 5.75 Å². The summed E-state index contributed by atoms with van der Waals surface area (Å²) in [7, 11) is 6.55. The number of ether oxygens (including phenoxy) is 2. The van der Waals surface area contributed by atoms with Gasteiger partial charge in [-0.3, -0.25) is 9.59 Å². The number of aromatic carboxylic acids is 1. The molecular formula is C41H66N2O6. The van der Waals surface area contributed by atoms with Gasteiger partial charge in [-0.2, -0.15) is 0 Å². The summed E-state index contributed by atoms with van der Waals surface area (Å²) in [5.41, 5.74) is 1.02. The van der Waals surface area contributed by atoms with Crippen LogP contribution in [0.4, 0.5) is 0 Å². The molecule has 1 aromatic carbocycles. The first kappa shape index (κ1) is 39.3. The van der Waals surface area contributed by atoms with Crippen LogP contribution < -0.4 is 15.2 Å². The van der Waals surface area contributed by atoms with Crippen LogP contribution >= 0.6 is 0 Å². The molecule has 8 nitrogen and oxygen atoms in total. The molecule has 0 spiro atoms. The third-order valence-corrected chi connectivity index (χ3v) is 13.2. The minimum absolute atomic E-state index is 0.00926. The number of carbonyl (C=O) groups excluding carboxylic acids is 3. The van der Waals surface area contributed by atoms with E-state index in [1.807, 2.05) is 0 Å². The third kappa shape index (κ3) is 10.1. The number of fused-ring (bicyclic) bond motifs is 5. The third-order valence-electron chi connectivity index (χ3n) is 13.2. The molecule has 0 saturated heterocycles. The number of carboxylic acids is 1. The van der Waals surface area contributed by atoms with Crippen molar-refractivity contribution in [3.05, 3.63) is 29.8 Å². The fraction of sp³-hybridized carbons (Fsp3) is 0.780. The van der Waals surface area contributed by atoms with Gasteiger partial charge in [0.1, 0.15) is 12.3 Å². The lowest BCUT2D eigenvalue weighted by atomic mass is 9.44. The Kier molecular flexibility index (Phi) is 13.8. The van der Waals surface area contributed by atoms with E-state index in [9.17, 15) is 19.5 Å². The van der Waals surface area contributed by atoms with Gasteiger partial charge in [0.25, 0.3) is 0 Å². The standard InChI is InChI=1S/C32H58N2O2.C9H8O4/c1-24(11-16-30(35)33-20-9-22-36-23-21-34(4,5)6)27-14-15-28-26-13-12-25-10-7-8-18-31(25,2)29(26)17-19-32(27,28)3;1-6(10)13-8-5-3-2-4-7(8)9(11)12/h24-29H,7-23H2,1-6H3;2-5H,1H3,(H,11,12)/t24-,25?,26?,27-,28?,29?,31+,32-;/m1./s1. The highest BCUT2D eigenvalue weighted by Gasteiger charge is 2.60. The molecule has 0 bridgehead atoms. The largest absolute Gasteiger partial charge is 0.545 e. The first-order valence-electron chi connectivity index (χ1n) is 19.3. The number of rotatable bonds is 13. The van der Waals surface area contributed by atoms with Crippen molar-refractivity contribution in [3.8, 4) is 5.75 Å². The van der Waals surface area contributed by atoms with Crippen LogP contribution in [0.15, 0.2) is 24.3 Å². The number of likely N-dealkylation sites (N-methyl/N-ethyl adjacent to an activating group) is 1. The summed E-state index contributed by atoms with van der Waals surface area (Å²) in [5.74, 6) is 3.71. The van der Waals surface area contributed by atoms with E-state index in [4.69, 9.17) is 4.74 Å². The first-order chi connectivity index (χ1) is 23.2. The van der Waals surface area contributed by atoms with Gasteiger partial charge in [-0.1, -0.05) is 45.7 Å². The number of amides is 1. The Labute approximate surface area is 296 Å². The number of nitrogens with zero attached hydrogens (tertiary/aromatic N) is 1. The smallest absolute Gasteiger partial charge is 0.308 e. The zero-order chi connectivity index (χ0) is 35.8. The second kappa shape index (κ2) is 17.2. The summed E-state index contributed by atoms with van der Waals surface area (Å²) in [4.78, 5) is 33.6. The van der Waals surface area contributed by atoms with E-state index in [1.165, 1.54) is 89.3 Å². The van der Waals surface area contributed by atoms with Crippen LogP contribution in [-0.4, -0.2) is 69.8 Å². The van der Waals surface area contributed by atoms with E-state index < -0.39 is 11.9 Å². The molecule has 0 heterocycles. The predicted octanol–water partition coefficient (Wildman–Crippen LogP) is 6.66. The minimum atomic E-state index is -1.36. The number of quaternary nitrogens is 1. The SMILES string of the molecule is CC(=O)Oc1ccccc1C(=O)[O-].C[C@H](CCC(=O)NCCCOCC[N+](C)(C)C)[C@H]1CCC2C3CCC4CCCC[C@]4(C)C3CC[C@@]21C. The maximum atomic E-state index is 12.5. The van der Waals surface area contributed by atoms with E-state index in [-0.39, 0.29) is 17.2 Å². The van der Waals surface area contributed by atoms with E-state index >= 15 is 0 Å². The molecule has 49 heavy (non-hydrogen) atoms. The number of carboxylic acid groups (broad SMARTS) is 1. The number of hydrogen-bond donors (Lipinski definition) is 1. The lowest BCUT2D eigenvalue weighted by molar-refractivity contribution is -0.870. The monoisotopic (exact) mass is 682 g/mol. The van der Waals surface area contributed by atoms with Gasteiger partial charge >= 0.3 is 5.97 Å². The average molecular weight is 683 g/mol. The molecule has 1 amide bonds. The fourth-order valence-corrected chi connectivity index (χ4v) is 10.6. The zero-order valence-corrected chi connectivity index (χ0v) is 31.7. The second-order valence-corrected chi connectivity index (χ2v) is 17.4. The molecule has 1 aromatic rings. The molecule has 4 saturated carbocycles. The van der Waals surface area contributed by atoms with Gasteiger partial charge in [0.15, 0.2) is 0 Å². The summed E-state index contributed by atoms with van der Waals surface area (Å²) in [5, 5.41) is 13.6. The second-order valence-electron chi connectivity index (χ2n) is 17.4. The number of para-hydroxylation sites is 1. The molecule has 4 aliphatic carbocycles. The Balaban J connectivity index is 0.000000350. The molecule has 4 unspecified atom stereocenters. The molecule has 0 aromatic heterocycles. The van der Waals surface area contributed by atoms with Crippen LogP contribution in [-0.2, 0) is 14.3 Å². The van der Waals surface area contributed by atoms with E-state index in [1.54, 1.807) is 6.07 Å². The van der Waals surface area contributed by atoms with Crippen molar-refractivity contribution < 1.29 is 33.4 Å². The number of carbonyl (C=O) groups is 3. The fourth-order valence-electron chi connectivity index (χ4n) is 10.6. The summed E-state index contributed by atoms with van der Waals surface area (Å²) >= 11 is 0. The Morgan fingerprint density at radius 1 is 0.939 bits per heavy atom. The number of benzene rings is 1. The van der Waals surface area contributed by atoms with Gasteiger partial charge in [0.2, 0.25) is 5.91 Å². The maximum Gasteiger partial charge on any atom is 0.308 e. The molecule has 0 radical (unpaired) electrons. The van der Waals surface area contributed by atoms with Gasteiger partial charge in [-0.15, -0.1) is 0 Å². The van der Waals surface area contributed by atoms with Crippen LogP contribution in [0.3, 0.4) is 0 Å². The maximum absolute atomic E-state index is 12.5. The quantitative estimate of drug-likeness (QED) is 0.108. The molecule has 4 aliphatic rings. The zero-order valence-electron chi connectivity index (χ0n) is 31.7. The highest BCUT2D eigenvalue weighted by Crippen LogP contribution is 2.68. The molecule has 1 N–H and O–H groups in total.